The van der Waals surface area contributed by atoms with Crippen LogP contribution >= 0.6 is 0 Å². The fraction of sp³-hybridized carbons (Fsp3) is 0.579. The first-order valence-electron chi connectivity index (χ1n) is 9.19. The second-order valence-electron chi connectivity index (χ2n) is 7.20. The standard InChI is InChI=1S/C19H28N4O3/c1-14-15(4-3-5-16(14)23-11-10-21-18(23)25)17(24)22-12-19(13-26-2)6-8-20-9-7-19/h3-5,20H,6-13H2,1-2H3,(H,21,25)(H,22,24). The zero-order valence-electron chi connectivity index (χ0n) is 15.6. The van der Waals surface area contributed by atoms with Gasteiger partial charge in [-0.15, -0.1) is 0 Å². The van der Waals surface area contributed by atoms with Gasteiger partial charge in [0.15, 0.2) is 0 Å². The van der Waals surface area contributed by atoms with E-state index in [-0.39, 0.29) is 17.4 Å². The molecular formula is C19H28N4O3. The van der Waals surface area contributed by atoms with E-state index in [1.54, 1.807) is 12.0 Å². The molecule has 2 aliphatic heterocycles. The highest BCUT2D eigenvalue weighted by Gasteiger charge is 2.33. The number of benzene rings is 1. The zero-order chi connectivity index (χ0) is 18.6. The molecule has 1 aromatic rings. The van der Waals surface area contributed by atoms with Crippen LogP contribution in [-0.2, 0) is 4.74 Å². The van der Waals surface area contributed by atoms with E-state index in [1.165, 1.54) is 0 Å². The summed E-state index contributed by atoms with van der Waals surface area (Å²) in [5.41, 5.74) is 2.22. The molecule has 0 spiro atoms. The molecule has 0 bridgehead atoms. The van der Waals surface area contributed by atoms with E-state index in [0.717, 1.165) is 37.2 Å². The third kappa shape index (κ3) is 3.83. The van der Waals surface area contributed by atoms with Crippen molar-refractivity contribution in [1.82, 2.24) is 16.0 Å². The van der Waals surface area contributed by atoms with Gasteiger partial charge in [-0.05, 0) is 50.6 Å². The Morgan fingerprint density at radius 3 is 2.73 bits per heavy atom. The van der Waals surface area contributed by atoms with Crippen molar-refractivity contribution in [3.63, 3.8) is 0 Å². The highest BCUT2D eigenvalue weighted by Crippen LogP contribution is 2.29. The summed E-state index contributed by atoms with van der Waals surface area (Å²) in [7, 11) is 1.71. The fourth-order valence-electron chi connectivity index (χ4n) is 3.86. The minimum Gasteiger partial charge on any atom is -0.384 e. The normalized spacial score (nSPS) is 19.3. The lowest BCUT2D eigenvalue weighted by atomic mass is 9.79. The quantitative estimate of drug-likeness (QED) is 0.714. The topological polar surface area (TPSA) is 82.7 Å². The van der Waals surface area contributed by atoms with E-state index in [1.807, 2.05) is 25.1 Å². The number of piperidine rings is 1. The van der Waals surface area contributed by atoms with E-state index in [0.29, 0.717) is 31.8 Å². The molecule has 26 heavy (non-hydrogen) atoms. The van der Waals surface area contributed by atoms with Gasteiger partial charge in [-0.2, -0.15) is 0 Å². The highest BCUT2D eigenvalue weighted by molar-refractivity contribution is 6.00. The average Bonchev–Trinajstić information content (AvgIpc) is 3.07. The summed E-state index contributed by atoms with van der Waals surface area (Å²) in [6, 6.07) is 5.42. The van der Waals surface area contributed by atoms with E-state index < -0.39 is 0 Å². The molecule has 142 valence electrons. The summed E-state index contributed by atoms with van der Waals surface area (Å²) in [6.45, 7) is 6.26. The summed E-state index contributed by atoms with van der Waals surface area (Å²) in [4.78, 5) is 26.5. The Kier molecular flexibility index (Phi) is 5.78. The molecule has 0 atom stereocenters. The van der Waals surface area contributed by atoms with Crippen molar-refractivity contribution in [2.75, 3.05) is 51.3 Å². The second-order valence-corrected chi connectivity index (χ2v) is 7.20. The molecule has 7 nitrogen and oxygen atoms in total. The van der Waals surface area contributed by atoms with Gasteiger partial charge < -0.3 is 20.7 Å². The Hall–Kier alpha value is -2.12. The number of amides is 3. The van der Waals surface area contributed by atoms with Crippen molar-refractivity contribution >= 4 is 17.6 Å². The van der Waals surface area contributed by atoms with Crippen molar-refractivity contribution in [3.05, 3.63) is 29.3 Å². The van der Waals surface area contributed by atoms with Gasteiger partial charge in [-0.1, -0.05) is 6.07 Å². The van der Waals surface area contributed by atoms with Crippen molar-refractivity contribution in [2.24, 2.45) is 5.41 Å². The van der Waals surface area contributed by atoms with Gasteiger partial charge >= 0.3 is 6.03 Å². The van der Waals surface area contributed by atoms with Gasteiger partial charge in [0.05, 0.1) is 6.61 Å². The highest BCUT2D eigenvalue weighted by atomic mass is 16.5. The number of hydrogen-bond donors (Lipinski definition) is 3. The molecule has 1 aromatic carbocycles. The third-order valence-corrected chi connectivity index (χ3v) is 5.44. The number of hydrogen-bond acceptors (Lipinski definition) is 4. The van der Waals surface area contributed by atoms with Gasteiger partial charge in [0.25, 0.3) is 5.91 Å². The molecule has 0 aromatic heterocycles. The summed E-state index contributed by atoms with van der Waals surface area (Å²) >= 11 is 0. The Labute approximate surface area is 154 Å². The summed E-state index contributed by atoms with van der Waals surface area (Å²) in [5, 5.41) is 9.25. The number of urea groups is 1. The molecule has 0 radical (unpaired) electrons. The van der Waals surface area contributed by atoms with Crippen LogP contribution in [0, 0.1) is 12.3 Å². The van der Waals surface area contributed by atoms with Crippen molar-refractivity contribution in [1.29, 1.82) is 0 Å². The molecule has 2 heterocycles. The van der Waals surface area contributed by atoms with Crippen LogP contribution < -0.4 is 20.9 Å². The molecule has 2 saturated heterocycles. The molecule has 3 amide bonds. The second kappa shape index (κ2) is 8.05. The molecule has 0 saturated carbocycles. The number of anilines is 1. The largest absolute Gasteiger partial charge is 0.384 e. The van der Waals surface area contributed by atoms with Crippen LogP contribution in [0.25, 0.3) is 0 Å². The molecule has 3 N–H and O–H groups in total. The first kappa shape index (κ1) is 18.7. The SMILES string of the molecule is COCC1(CNC(=O)c2cccc(N3CCNC3=O)c2C)CCNCC1. The van der Waals surface area contributed by atoms with Crippen LogP contribution in [0.2, 0.25) is 0 Å². The first-order valence-corrected chi connectivity index (χ1v) is 9.19. The lowest BCUT2D eigenvalue weighted by Gasteiger charge is -2.37. The van der Waals surface area contributed by atoms with Gasteiger partial charge in [-0.3, -0.25) is 9.69 Å². The predicted molar refractivity (Wildman–Crippen MR) is 101 cm³/mol. The molecule has 3 rings (SSSR count). The van der Waals surface area contributed by atoms with E-state index >= 15 is 0 Å². The number of nitrogens with one attached hydrogen (secondary N) is 3. The minimum absolute atomic E-state index is 0.0178. The lowest BCUT2D eigenvalue weighted by molar-refractivity contribution is 0.0511. The van der Waals surface area contributed by atoms with Crippen LogP contribution in [0.1, 0.15) is 28.8 Å². The van der Waals surface area contributed by atoms with Gasteiger partial charge in [0.1, 0.15) is 0 Å². The van der Waals surface area contributed by atoms with Crippen molar-refractivity contribution in [3.8, 4) is 0 Å². The number of methoxy groups -OCH3 is 1. The fourth-order valence-corrected chi connectivity index (χ4v) is 3.86. The predicted octanol–water partition coefficient (Wildman–Crippen LogP) is 1.27. The zero-order valence-corrected chi connectivity index (χ0v) is 15.6. The maximum Gasteiger partial charge on any atom is 0.322 e. The maximum absolute atomic E-state index is 12.8. The Morgan fingerprint density at radius 1 is 1.31 bits per heavy atom. The van der Waals surface area contributed by atoms with Gasteiger partial charge in [0.2, 0.25) is 0 Å². The molecule has 2 aliphatic rings. The number of nitrogens with zero attached hydrogens (tertiary/aromatic N) is 1. The molecule has 2 fully saturated rings. The third-order valence-electron chi connectivity index (χ3n) is 5.44. The van der Waals surface area contributed by atoms with E-state index in [9.17, 15) is 9.59 Å². The lowest BCUT2D eigenvalue weighted by Crippen LogP contribution is -2.47. The maximum atomic E-state index is 12.8. The van der Waals surface area contributed by atoms with Crippen LogP contribution in [0.15, 0.2) is 18.2 Å². The Morgan fingerprint density at radius 2 is 2.08 bits per heavy atom. The number of carbonyl (C=O) groups is 2. The Balaban J connectivity index is 1.72. The number of ether oxygens (including phenoxy) is 1. The number of rotatable bonds is 6. The van der Waals surface area contributed by atoms with Gasteiger partial charge in [0, 0.05) is 43.4 Å². The molecular weight excluding hydrogens is 332 g/mol. The summed E-state index contributed by atoms with van der Waals surface area (Å²) < 4.78 is 5.41. The van der Waals surface area contributed by atoms with Crippen molar-refractivity contribution in [2.45, 2.75) is 19.8 Å². The van der Waals surface area contributed by atoms with E-state index in [2.05, 4.69) is 16.0 Å². The minimum atomic E-state index is -0.112. The van der Waals surface area contributed by atoms with Crippen LogP contribution in [-0.4, -0.2) is 58.4 Å². The average molecular weight is 360 g/mol. The van der Waals surface area contributed by atoms with E-state index in [4.69, 9.17) is 4.74 Å². The van der Waals surface area contributed by atoms with Crippen LogP contribution in [0.3, 0.4) is 0 Å². The van der Waals surface area contributed by atoms with Crippen LogP contribution in [0.4, 0.5) is 10.5 Å². The number of carbonyl (C=O) groups excluding carboxylic acids is 2. The molecule has 0 unspecified atom stereocenters. The summed E-state index contributed by atoms with van der Waals surface area (Å²) in [6.07, 6.45) is 1.96. The molecule has 0 aliphatic carbocycles. The Bertz CT molecular complexity index is 665. The first-order chi connectivity index (χ1) is 12.6. The summed E-state index contributed by atoms with van der Waals surface area (Å²) in [5.74, 6) is -0.0991. The molecule has 7 heteroatoms. The van der Waals surface area contributed by atoms with Crippen molar-refractivity contribution < 1.29 is 14.3 Å². The van der Waals surface area contributed by atoms with Crippen LogP contribution in [0.5, 0.6) is 0 Å². The van der Waals surface area contributed by atoms with Gasteiger partial charge in [-0.25, -0.2) is 4.79 Å². The monoisotopic (exact) mass is 360 g/mol. The smallest absolute Gasteiger partial charge is 0.322 e.